The van der Waals surface area contributed by atoms with Crippen LogP contribution in [0.2, 0.25) is 5.02 Å². The maximum Gasteiger partial charge on any atom is 0.340 e. The number of carbonyl (C=O) groups is 2. The summed E-state index contributed by atoms with van der Waals surface area (Å²) in [5.41, 5.74) is 1.74. The van der Waals surface area contributed by atoms with Crippen LogP contribution in [0.4, 0.5) is 11.4 Å². The van der Waals surface area contributed by atoms with E-state index in [9.17, 15) is 19.7 Å². The van der Waals surface area contributed by atoms with E-state index < -0.39 is 16.8 Å². The number of nitro benzene ring substituents is 1. The molecule has 2 aromatic rings. The first-order chi connectivity index (χ1) is 13.3. The molecular weight excluding hydrogens is 384 g/mol. The monoisotopic (exact) mass is 398 g/mol. The average Bonchev–Trinajstić information content (AvgIpc) is 2.92. The largest absolute Gasteiger partial charge is 0.465 e. The van der Waals surface area contributed by atoms with Gasteiger partial charge >= 0.3 is 5.97 Å². The van der Waals surface area contributed by atoms with Crippen LogP contribution in [0, 0.1) is 10.1 Å². The van der Waals surface area contributed by atoms with E-state index in [2.05, 4.69) is 0 Å². The summed E-state index contributed by atoms with van der Waals surface area (Å²) in [7, 11) is 1.24. The fourth-order valence-electron chi connectivity index (χ4n) is 2.94. The molecule has 1 heterocycles. The van der Waals surface area contributed by atoms with E-state index in [1.54, 1.807) is 31.2 Å². The Bertz CT molecular complexity index is 1020. The first-order valence-corrected chi connectivity index (χ1v) is 8.57. The van der Waals surface area contributed by atoms with Gasteiger partial charge in [-0.3, -0.25) is 19.8 Å². The van der Waals surface area contributed by atoms with E-state index in [1.165, 1.54) is 42.4 Å². The third-order valence-electron chi connectivity index (χ3n) is 4.29. The van der Waals surface area contributed by atoms with Gasteiger partial charge in [-0.05, 0) is 55.0 Å². The first kappa shape index (κ1) is 19.3. The van der Waals surface area contributed by atoms with Crippen molar-refractivity contribution in [2.75, 3.05) is 12.0 Å². The zero-order chi connectivity index (χ0) is 20.4. The molecule has 0 aliphatic carbocycles. The summed E-state index contributed by atoms with van der Waals surface area (Å²) in [6.45, 7) is 1.65. The number of esters is 1. The third kappa shape index (κ3) is 3.52. The van der Waals surface area contributed by atoms with Crippen LogP contribution >= 0.6 is 11.6 Å². The second-order valence-corrected chi connectivity index (χ2v) is 6.41. The number of hydrogen-bond acceptors (Lipinski definition) is 5. The summed E-state index contributed by atoms with van der Waals surface area (Å²) in [6, 6.07) is 12.3. The number of hydrogen-bond donors (Lipinski definition) is 0. The second-order valence-electron chi connectivity index (χ2n) is 5.98. The molecule has 0 fully saturated rings. The van der Waals surface area contributed by atoms with E-state index in [4.69, 9.17) is 16.3 Å². The first-order valence-electron chi connectivity index (χ1n) is 8.19. The molecule has 0 N–H and O–H groups in total. The van der Waals surface area contributed by atoms with Crippen molar-refractivity contribution in [1.82, 2.24) is 0 Å². The lowest BCUT2D eigenvalue weighted by Crippen LogP contribution is -2.24. The molecule has 0 atom stereocenters. The number of nitro groups is 1. The van der Waals surface area contributed by atoms with E-state index >= 15 is 0 Å². The Morgan fingerprint density at radius 1 is 1.14 bits per heavy atom. The van der Waals surface area contributed by atoms with Crippen molar-refractivity contribution in [2.24, 2.45) is 0 Å². The summed E-state index contributed by atoms with van der Waals surface area (Å²) in [4.78, 5) is 37.1. The number of nitrogens with zero attached hydrogens (tertiary/aromatic N) is 2. The molecule has 0 unspecified atom stereocenters. The van der Waals surface area contributed by atoms with Crippen LogP contribution in [0.15, 0.2) is 65.4 Å². The Morgan fingerprint density at radius 2 is 1.75 bits per heavy atom. The molecule has 2 aromatic carbocycles. The molecule has 0 bridgehead atoms. The van der Waals surface area contributed by atoms with Gasteiger partial charge in [-0.2, -0.15) is 0 Å². The van der Waals surface area contributed by atoms with Crippen molar-refractivity contribution in [3.8, 4) is 0 Å². The predicted octanol–water partition coefficient (Wildman–Crippen LogP) is 4.13. The summed E-state index contributed by atoms with van der Waals surface area (Å²) < 4.78 is 4.85. The molecule has 1 aliphatic heterocycles. The van der Waals surface area contributed by atoms with E-state index in [1.807, 2.05) is 0 Å². The SMILES string of the molecule is COC(=O)C1=C(C)N(c2ccc(Cl)cc2)C(=O)C1=Cc1ccc([N+](=O)[O-])cc1. The lowest BCUT2D eigenvalue weighted by molar-refractivity contribution is -0.384. The van der Waals surface area contributed by atoms with Crippen LogP contribution in [-0.2, 0) is 14.3 Å². The molecule has 28 heavy (non-hydrogen) atoms. The molecule has 3 rings (SSSR count). The van der Waals surface area contributed by atoms with Gasteiger partial charge in [0.05, 0.1) is 23.2 Å². The Morgan fingerprint density at radius 3 is 2.29 bits per heavy atom. The van der Waals surface area contributed by atoms with Crippen LogP contribution in [0.5, 0.6) is 0 Å². The summed E-state index contributed by atoms with van der Waals surface area (Å²) >= 11 is 5.91. The number of benzene rings is 2. The van der Waals surface area contributed by atoms with Gasteiger partial charge in [0.2, 0.25) is 0 Å². The Kier molecular flexibility index (Phi) is 5.28. The number of methoxy groups -OCH3 is 1. The molecule has 8 heteroatoms. The fourth-order valence-corrected chi connectivity index (χ4v) is 3.07. The average molecular weight is 399 g/mol. The Labute approximate surface area is 165 Å². The molecule has 0 saturated carbocycles. The zero-order valence-corrected chi connectivity index (χ0v) is 15.8. The van der Waals surface area contributed by atoms with Crippen LogP contribution in [0.1, 0.15) is 12.5 Å². The van der Waals surface area contributed by atoms with Crippen molar-refractivity contribution in [3.63, 3.8) is 0 Å². The highest BCUT2D eigenvalue weighted by molar-refractivity contribution is 6.30. The third-order valence-corrected chi connectivity index (χ3v) is 4.54. The lowest BCUT2D eigenvalue weighted by Gasteiger charge is -2.17. The van der Waals surface area contributed by atoms with Crippen LogP contribution < -0.4 is 4.90 Å². The molecule has 0 saturated heterocycles. The topological polar surface area (TPSA) is 89.8 Å². The number of rotatable bonds is 4. The minimum Gasteiger partial charge on any atom is -0.465 e. The standard InChI is InChI=1S/C20H15ClN2O5/c1-12-18(20(25)28-2)17(11-13-3-7-16(8-4-13)23(26)27)19(24)22(12)15-9-5-14(21)6-10-15/h3-11H,1-2H3. The smallest absolute Gasteiger partial charge is 0.340 e. The van der Waals surface area contributed by atoms with Gasteiger partial charge < -0.3 is 4.74 Å². The quantitative estimate of drug-likeness (QED) is 0.334. The number of allylic oxidation sites excluding steroid dienone is 1. The van der Waals surface area contributed by atoms with E-state index in [-0.39, 0.29) is 16.8 Å². The van der Waals surface area contributed by atoms with E-state index in [0.717, 1.165) is 0 Å². The fraction of sp³-hybridized carbons (Fsp3) is 0.100. The highest BCUT2D eigenvalue weighted by atomic mass is 35.5. The maximum atomic E-state index is 13.1. The second kappa shape index (κ2) is 7.66. The number of anilines is 1. The molecule has 1 amide bonds. The summed E-state index contributed by atoms with van der Waals surface area (Å²) in [5, 5.41) is 11.3. The minimum atomic E-state index is -0.643. The van der Waals surface area contributed by atoms with Gasteiger partial charge in [0.25, 0.3) is 11.6 Å². The molecule has 7 nitrogen and oxygen atoms in total. The van der Waals surface area contributed by atoms with Crippen molar-refractivity contribution in [1.29, 1.82) is 0 Å². The molecule has 0 aromatic heterocycles. The van der Waals surface area contributed by atoms with Crippen LogP contribution in [0.25, 0.3) is 6.08 Å². The Hall–Kier alpha value is -3.45. The van der Waals surface area contributed by atoms with Gasteiger partial charge in [-0.1, -0.05) is 11.6 Å². The Balaban J connectivity index is 2.08. The molecule has 142 valence electrons. The lowest BCUT2D eigenvalue weighted by atomic mass is 10.0. The molecule has 1 aliphatic rings. The highest BCUT2D eigenvalue weighted by Crippen LogP contribution is 2.35. The van der Waals surface area contributed by atoms with Crippen LogP contribution in [-0.4, -0.2) is 23.9 Å². The van der Waals surface area contributed by atoms with Crippen molar-refractivity contribution in [3.05, 3.63) is 86.1 Å². The predicted molar refractivity (Wildman–Crippen MR) is 105 cm³/mol. The zero-order valence-electron chi connectivity index (χ0n) is 15.0. The minimum absolute atomic E-state index is 0.0670. The van der Waals surface area contributed by atoms with Crippen molar-refractivity contribution < 1.29 is 19.2 Å². The molecular formula is C20H15ClN2O5. The number of amides is 1. The number of ether oxygens (including phenoxy) is 1. The molecule has 0 spiro atoms. The van der Waals surface area contributed by atoms with Gasteiger partial charge in [0, 0.05) is 28.5 Å². The number of halogens is 1. The number of non-ortho nitro benzene ring substituents is 1. The maximum absolute atomic E-state index is 13.1. The van der Waals surface area contributed by atoms with E-state index in [0.29, 0.717) is 22.0 Å². The number of carbonyl (C=O) groups excluding carboxylic acids is 2. The summed E-state index contributed by atoms with van der Waals surface area (Å²) in [6.07, 6.45) is 1.51. The summed E-state index contributed by atoms with van der Waals surface area (Å²) in [5.74, 6) is -1.05. The van der Waals surface area contributed by atoms with Gasteiger partial charge in [-0.15, -0.1) is 0 Å². The van der Waals surface area contributed by atoms with Gasteiger partial charge in [0.15, 0.2) is 0 Å². The van der Waals surface area contributed by atoms with Gasteiger partial charge in [0.1, 0.15) is 0 Å². The van der Waals surface area contributed by atoms with Gasteiger partial charge in [-0.25, -0.2) is 4.79 Å². The molecule has 0 radical (unpaired) electrons. The van der Waals surface area contributed by atoms with Crippen molar-refractivity contribution >= 4 is 40.9 Å². The highest BCUT2D eigenvalue weighted by Gasteiger charge is 2.37. The van der Waals surface area contributed by atoms with Crippen LogP contribution in [0.3, 0.4) is 0 Å². The normalized spacial score (nSPS) is 15.3. The van der Waals surface area contributed by atoms with Crippen molar-refractivity contribution in [2.45, 2.75) is 6.92 Å².